The number of hydrogen-bond donors (Lipinski definition) is 1. The van der Waals surface area contributed by atoms with Crippen molar-refractivity contribution in [2.75, 3.05) is 38.7 Å². The Morgan fingerprint density at radius 2 is 1.83 bits per heavy atom. The number of amides is 1. The maximum absolute atomic E-state index is 12.7. The van der Waals surface area contributed by atoms with Gasteiger partial charge in [0.05, 0.1) is 0 Å². The highest BCUT2D eigenvalue weighted by molar-refractivity contribution is 5.97. The summed E-state index contributed by atoms with van der Waals surface area (Å²) < 4.78 is 11.4. The topological polar surface area (TPSA) is 50.8 Å². The SMILES string of the molecule is CCCCC[C@](C)(OC)C(=O)Nc1ccc(OCCN2C[C@H](C)C[C@H](C)C2)cc1. The van der Waals surface area contributed by atoms with Crippen LogP contribution < -0.4 is 10.1 Å². The van der Waals surface area contributed by atoms with Gasteiger partial charge in [0.1, 0.15) is 18.0 Å². The minimum absolute atomic E-state index is 0.0990. The monoisotopic (exact) mass is 404 g/mol. The van der Waals surface area contributed by atoms with Crippen LogP contribution in [-0.2, 0) is 9.53 Å². The van der Waals surface area contributed by atoms with Gasteiger partial charge in [-0.25, -0.2) is 0 Å². The summed E-state index contributed by atoms with van der Waals surface area (Å²) in [4.78, 5) is 15.2. The van der Waals surface area contributed by atoms with Gasteiger partial charge in [-0.05, 0) is 55.9 Å². The number of ether oxygens (including phenoxy) is 2. The Bertz CT molecular complexity index is 609. The molecule has 3 atom stereocenters. The van der Waals surface area contributed by atoms with Crippen LogP contribution in [0.15, 0.2) is 24.3 Å². The van der Waals surface area contributed by atoms with E-state index in [0.29, 0.717) is 6.61 Å². The lowest BCUT2D eigenvalue weighted by Gasteiger charge is -2.34. The average molecular weight is 405 g/mol. The summed E-state index contributed by atoms with van der Waals surface area (Å²) in [5, 5.41) is 2.98. The number of carbonyl (C=O) groups is 1. The lowest BCUT2D eigenvalue weighted by Crippen LogP contribution is -2.41. The minimum Gasteiger partial charge on any atom is -0.492 e. The maximum Gasteiger partial charge on any atom is 0.256 e. The van der Waals surface area contributed by atoms with Gasteiger partial charge >= 0.3 is 0 Å². The lowest BCUT2D eigenvalue weighted by atomic mass is 9.92. The molecule has 0 radical (unpaired) electrons. The summed E-state index contributed by atoms with van der Waals surface area (Å²) in [7, 11) is 1.60. The smallest absolute Gasteiger partial charge is 0.256 e. The number of nitrogens with one attached hydrogen (secondary N) is 1. The largest absolute Gasteiger partial charge is 0.492 e. The van der Waals surface area contributed by atoms with Gasteiger partial charge in [0, 0.05) is 32.4 Å². The van der Waals surface area contributed by atoms with E-state index in [1.165, 1.54) is 6.42 Å². The Balaban J connectivity index is 1.79. The number of unbranched alkanes of at least 4 members (excludes halogenated alkanes) is 2. The van der Waals surface area contributed by atoms with Crippen molar-refractivity contribution in [3.63, 3.8) is 0 Å². The van der Waals surface area contributed by atoms with Gasteiger partial charge in [-0.2, -0.15) is 0 Å². The van der Waals surface area contributed by atoms with Crippen LogP contribution in [-0.4, -0.2) is 49.8 Å². The number of nitrogens with zero attached hydrogens (tertiary/aromatic N) is 1. The second-order valence-electron chi connectivity index (χ2n) is 8.92. The molecular formula is C24H40N2O3. The summed E-state index contributed by atoms with van der Waals surface area (Å²) in [6.07, 6.45) is 5.26. The summed E-state index contributed by atoms with van der Waals surface area (Å²) in [5.74, 6) is 2.26. The number of hydrogen-bond acceptors (Lipinski definition) is 4. The van der Waals surface area contributed by atoms with E-state index in [1.807, 2.05) is 31.2 Å². The van der Waals surface area contributed by atoms with Gasteiger partial charge in [0.15, 0.2) is 0 Å². The van der Waals surface area contributed by atoms with E-state index in [2.05, 4.69) is 31.0 Å². The molecule has 5 nitrogen and oxygen atoms in total. The molecule has 1 aromatic rings. The molecule has 0 bridgehead atoms. The minimum atomic E-state index is -0.799. The zero-order chi connectivity index (χ0) is 21.3. The molecule has 164 valence electrons. The van der Waals surface area contributed by atoms with Crippen molar-refractivity contribution >= 4 is 11.6 Å². The van der Waals surface area contributed by atoms with Crippen molar-refractivity contribution in [2.24, 2.45) is 11.8 Å². The number of piperidine rings is 1. The number of anilines is 1. The van der Waals surface area contributed by atoms with Crippen molar-refractivity contribution in [1.82, 2.24) is 4.90 Å². The Hall–Kier alpha value is -1.59. The molecule has 0 aromatic heterocycles. The molecule has 1 aliphatic heterocycles. The Morgan fingerprint density at radius 3 is 2.41 bits per heavy atom. The first-order chi connectivity index (χ1) is 13.9. The fourth-order valence-electron chi connectivity index (χ4n) is 4.19. The Labute approximate surface area is 177 Å². The first kappa shape index (κ1) is 23.7. The lowest BCUT2D eigenvalue weighted by molar-refractivity contribution is -0.136. The molecule has 0 unspecified atom stereocenters. The molecule has 5 heteroatoms. The first-order valence-electron chi connectivity index (χ1n) is 11.2. The van der Waals surface area contributed by atoms with Crippen LogP contribution in [0.3, 0.4) is 0 Å². The van der Waals surface area contributed by atoms with Gasteiger partial charge in [-0.1, -0.05) is 40.0 Å². The van der Waals surface area contributed by atoms with E-state index in [4.69, 9.17) is 9.47 Å². The van der Waals surface area contributed by atoms with E-state index in [9.17, 15) is 4.79 Å². The van der Waals surface area contributed by atoms with Gasteiger partial charge < -0.3 is 14.8 Å². The molecule has 1 aromatic carbocycles. The normalized spacial score (nSPS) is 22.1. The summed E-state index contributed by atoms with van der Waals surface area (Å²) in [5.41, 5.74) is -0.0349. The van der Waals surface area contributed by atoms with Gasteiger partial charge in [0.25, 0.3) is 5.91 Å². The standard InChI is InChI=1S/C24H40N2O3/c1-6-7-8-13-24(4,28-5)23(27)25-21-9-11-22(12-10-21)29-15-14-26-17-19(2)16-20(3)18-26/h9-12,19-20H,6-8,13-18H2,1-5H3,(H,25,27)/t19-,20+,24-/m0/s1. The molecule has 1 aliphatic rings. The number of carbonyl (C=O) groups excluding carboxylic acids is 1. The van der Waals surface area contributed by atoms with Crippen LogP contribution in [0.4, 0.5) is 5.69 Å². The van der Waals surface area contributed by atoms with E-state index in [-0.39, 0.29) is 5.91 Å². The van der Waals surface area contributed by atoms with Gasteiger partial charge in [-0.3, -0.25) is 9.69 Å². The molecule has 1 N–H and O–H groups in total. The van der Waals surface area contributed by atoms with E-state index in [1.54, 1.807) is 7.11 Å². The van der Waals surface area contributed by atoms with Crippen LogP contribution in [0.5, 0.6) is 5.75 Å². The molecular weight excluding hydrogens is 364 g/mol. The average Bonchev–Trinajstić information content (AvgIpc) is 2.68. The van der Waals surface area contributed by atoms with Gasteiger partial charge in [-0.15, -0.1) is 0 Å². The summed E-state index contributed by atoms with van der Waals surface area (Å²) >= 11 is 0. The van der Waals surface area contributed by atoms with E-state index < -0.39 is 5.60 Å². The number of likely N-dealkylation sites (tertiary alicyclic amines) is 1. The molecule has 0 saturated carbocycles. The fourth-order valence-corrected chi connectivity index (χ4v) is 4.19. The van der Waals surface area contributed by atoms with Gasteiger partial charge in [0.2, 0.25) is 0 Å². The summed E-state index contributed by atoms with van der Waals surface area (Å²) in [6.45, 7) is 12.6. The molecule has 1 amide bonds. The predicted molar refractivity (Wildman–Crippen MR) is 120 cm³/mol. The second kappa shape index (κ2) is 11.6. The van der Waals surface area contributed by atoms with Crippen LogP contribution in [0.25, 0.3) is 0 Å². The molecule has 2 rings (SSSR count). The zero-order valence-electron chi connectivity index (χ0n) is 19.0. The highest BCUT2D eigenvalue weighted by Gasteiger charge is 2.32. The zero-order valence-corrected chi connectivity index (χ0v) is 19.0. The van der Waals surface area contributed by atoms with Crippen molar-refractivity contribution in [1.29, 1.82) is 0 Å². The highest BCUT2D eigenvalue weighted by atomic mass is 16.5. The highest BCUT2D eigenvalue weighted by Crippen LogP contribution is 2.23. The number of rotatable bonds is 11. The van der Waals surface area contributed by atoms with Crippen LogP contribution in [0.2, 0.25) is 0 Å². The third kappa shape index (κ3) is 7.63. The van der Waals surface area contributed by atoms with Crippen LogP contribution >= 0.6 is 0 Å². The van der Waals surface area contributed by atoms with Crippen LogP contribution in [0.1, 0.15) is 59.8 Å². The van der Waals surface area contributed by atoms with Crippen molar-refractivity contribution < 1.29 is 14.3 Å². The van der Waals surface area contributed by atoms with E-state index >= 15 is 0 Å². The third-order valence-electron chi connectivity index (χ3n) is 5.92. The molecule has 1 saturated heterocycles. The van der Waals surface area contributed by atoms with E-state index in [0.717, 1.165) is 68.6 Å². The van der Waals surface area contributed by atoms with Crippen LogP contribution in [0, 0.1) is 11.8 Å². The Kier molecular flexibility index (Phi) is 9.44. The van der Waals surface area contributed by atoms with Crippen molar-refractivity contribution in [3.05, 3.63) is 24.3 Å². The Morgan fingerprint density at radius 1 is 1.17 bits per heavy atom. The fraction of sp³-hybridized carbons (Fsp3) is 0.708. The molecule has 0 aliphatic carbocycles. The van der Waals surface area contributed by atoms with Crippen molar-refractivity contribution in [3.8, 4) is 5.75 Å². The first-order valence-corrected chi connectivity index (χ1v) is 11.2. The summed E-state index contributed by atoms with van der Waals surface area (Å²) in [6, 6.07) is 7.61. The third-order valence-corrected chi connectivity index (χ3v) is 5.92. The number of benzene rings is 1. The predicted octanol–water partition coefficient (Wildman–Crippen LogP) is 4.97. The second-order valence-corrected chi connectivity index (χ2v) is 8.92. The molecule has 0 spiro atoms. The molecule has 1 fully saturated rings. The maximum atomic E-state index is 12.7. The molecule has 1 heterocycles. The number of methoxy groups -OCH3 is 1. The molecule has 29 heavy (non-hydrogen) atoms. The quantitative estimate of drug-likeness (QED) is 0.529. The van der Waals surface area contributed by atoms with Crippen molar-refractivity contribution in [2.45, 2.75) is 65.4 Å².